The monoisotopic (exact) mass is 265 g/mol. The number of rotatable bonds is 4. The molecule has 0 amide bonds. The van der Waals surface area contributed by atoms with Gasteiger partial charge in [-0.2, -0.15) is 0 Å². The highest BCUT2D eigenvalue weighted by Crippen LogP contribution is 2.42. The summed E-state index contributed by atoms with van der Waals surface area (Å²) in [6.07, 6.45) is 1.77. The average Bonchev–Trinajstić information content (AvgIpc) is 2.43. The van der Waals surface area contributed by atoms with Crippen LogP contribution < -0.4 is 10.1 Å². The van der Waals surface area contributed by atoms with Crippen molar-refractivity contribution in [3.05, 3.63) is 29.8 Å². The van der Waals surface area contributed by atoms with Gasteiger partial charge in [0.25, 0.3) is 0 Å². The van der Waals surface area contributed by atoms with Crippen LogP contribution in [0.15, 0.2) is 24.3 Å². The molecule has 0 bridgehead atoms. The van der Waals surface area contributed by atoms with Gasteiger partial charge in [0.05, 0.1) is 18.8 Å². The molecule has 0 aliphatic heterocycles. The summed E-state index contributed by atoms with van der Waals surface area (Å²) in [5, 5.41) is 24.3. The van der Waals surface area contributed by atoms with Gasteiger partial charge in [0.2, 0.25) is 0 Å². The molecule has 19 heavy (non-hydrogen) atoms. The van der Waals surface area contributed by atoms with Gasteiger partial charge in [-0.1, -0.05) is 12.1 Å². The van der Waals surface area contributed by atoms with E-state index in [1.54, 1.807) is 7.11 Å². The van der Waals surface area contributed by atoms with Crippen molar-refractivity contribution in [2.24, 2.45) is 5.92 Å². The highest BCUT2D eigenvalue weighted by molar-refractivity contribution is 5.33. The van der Waals surface area contributed by atoms with Crippen molar-refractivity contribution < 1.29 is 14.9 Å². The molecular weight excluding hydrogens is 242 g/mol. The summed E-state index contributed by atoms with van der Waals surface area (Å²) in [5.41, 5.74) is -0.166. The zero-order valence-corrected chi connectivity index (χ0v) is 11.6. The largest absolute Gasteiger partial charge is 0.497 e. The third-order valence-corrected chi connectivity index (χ3v) is 4.13. The molecule has 3 N–H and O–H groups in total. The predicted octanol–water partition coefficient (Wildman–Crippen LogP) is 1.26. The van der Waals surface area contributed by atoms with Crippen LogP contribution >= 0.6 is 0 Å². The molecular formula is C15H23NO3. The lowest BCUT2D eigenvalue weighted by Gasteiger charge is -2.43. The Hall–Kier alpha value is -1.10. The Morgan fingerprint density at radius 1 is 1.47 bits per heavy atom. The van der Waals surface area contributed by atoms with E-state index in [0.717, 1.165) is 24.2 Å². The molecule has 0 aromatic heterocycles. The van der Waals surface area contributed by atoms with Crippen LogP contribution in [0.5, 0.6) is 5.75 Å². The summed E-state index contributed by atoms with van der Waals surface area (Å²) in [6.45, 7) is 0.592. The van der Waals surface area contributed by atoms with Gasteiger partial charge in [0, 0.05) is 12.5 Å². The lowest BCUT2D eigenvalue weighted by Crippen LogP contribution is -2.49. The van der Waals surface area contributed by atoms with Crippen molar-refractivity contribution in [2.75, 3.05) is 20.7 Å². The lowest BCUT2D eigenvalue weighted by atomic mass is 9.70. The van der Waals surface area contributed by atoms with Gasteiger partial charge in [0.15, 0.2) is 0 Å². The summed E-state index contributed by atoms with van der Waals surface area (Å²) in [4.78, 5) is 0. The molecule has 106 valence electrons. The first-order valence-electron chi connectivity index (χ1n) is 6.81. The Morgan fingerprint density at radius 3 is 2.95 bits per heavy atom. The minimum atomic E-state index is -0.991. The molecule has 3 unspecified atom stereocenters. The number of methoxy groups -OCH3 is 1. The standard InChI is InChI=1S/C15H23NO3/c1-16-10-13-14(17)7-4-8-15(13,18)11-5-3-6-12(9-11)19-2/h3,5-6,9,13-14,16-18H,4,7-8,10H2,1-2H3. The zero-order chi connectivity index (χ0) is 13.9. The Morgan fingerprint density at radius 2 is 2.26 bits per heavy atom. The van der Waals surface area contributed by atoms with Gasteiger partial charge in [0.1, 0.15) is 5.75 Å². The number of hydrogen-bond acceptors (Lipinski definition) is 4. The van der Waals surface area contributed by atoms with Gasteiger partial charge in [-0.15, -0.1) is 0 Å². The lowest BCUT2D eigenvalue weighted by molar-refractivity contribution is -0.108. The summed E-state index contributed by atoms with van der Waals surface area (Å²) >= 11 is 0. The molecule has 1 aliphatic rings. The topological polar surface area (TPSA) is 61.7 Å². The molecule has 1 aliphatic carbocycles. The van der Waals surface area contributed by atoms with E-state index in [0.29, 0.717) is 13.0 Å². The smallest absolute Gasteiger partial charge is 0.119 e. The molecule has 1 fully saturated rings. The van der Waals surface area contributed by atoms with Gasteiger partial charge < -0.3 is 20.3 Å². The molecule has 0 saturated heterocycles. The van der Waals surface area contributed by atoms with E-state index in [4.69, 9.17) is 4.74 Å². The second-order valence-corrected chi connectivity index (χ2v) is 5.28. The number of nitrogens with one attached hydrogen (secondary N) is 1. The van der Waals surface area contributed by atoms with E-state index in [9.17, 15) is 10.2 Å². The molecule has 4 nitrogen and oxygen atoms in total. The first kappa shape index (κ1) is 14.3. The van der Waals surface area contributed by atoms with Crippen molar-refractivity contribution in [2.45, 2.75) is 31.0 Å². The second kappa shape index (κ2) is 5.90. The number of aliphatic hydroxyl groups excluding tert-OH is 1. The number of aliphatic hydroxyl groups is 2. The average molecular weight is 265 g/mol. The van der Waals surface area contributed by atoms with Crippen LogP contribution in [-0.2, 0) is 5.60 Å². The zero-order valence-electron chi connectivity index (χ0n) is 11.6. The molecule has 4 heteroatoms. The minimum absolute atomic E-state index is 0.196. The third kappa shape index (κ3) is 2.76. The van der Waals surface area contributed by atoms with Crippen LogP contribution in [0.1, 0.15) is 24.8 Å². The van der Waals surface area contributed by atoms with Crippen LogP contribution in [0.25, 0.3) is 0 Å². The van der Waals surface area contributed by atoms with Crippen LogP contribution in [0.2, 0.25) is 0 Å². The van der Waals surface area contributed by atoms with Gasteiger partial charge in [-0.05, 0) is 44.0 Å². The summed E-state index contributed by atoms with van der Waals surface area (Å²) in [7, 11) is 3.46. The molecule has 2 rings (SSSR count). The van der Waals surface area contributed by atoms with E-state index in [1.807, 2.05) is 31.3 Å². The Labute approximate surface area is 114 Å². The highest BCUT2D eigenvalue weighted by atomic mass is 16.5. The maximum atomic E-state index is 11.1. The van der Waals surface area contributed by atoms with Crippen LogP contribution in [-0.4, -0.2) is 37.0 Å². The fraction of sp³-hybridized carbons (Fsp3) is 0.600. The Bertz CT molecular complexity index is 424. The van der Waals surface area contributed by atoms with Crippen molar-refractivity contribution >= 4 is 0 Å². The van der Waals surface area contributed by atoms with E-state index in [-0.39, 0.29) is 5.92 Å². The molecule has 1 saturated carbocycles. The third-order valence-electron chi connectivity index (χ3n) is 4.13. The van der Waals surface area contributed by atoms with Crippen molar-refractivity contribution in [1.82, 2.24) is 5.32 Å². The molecule has 0 radical (unpaired) electrons. The maximum absolute atomic E-state index is 11.1. The van der Waals surface area contributed by atoms with Crippen molar-refractivity contribution in [3.8, 4) is 5.75 Å². The maximum Gasteiger partial charge on any atom is 0.119 e. The minimum Gasteiger partial charge on any atom is -0.497 e. The second-order valence-electron chi connectivity index (χ2n) is 5.28. The van der Waals surface area contributed by atoms with Gasteiger partial charge >= 0.3 is 0 Å². The summed E-state index contributed by atoms with van der Waals surface area (Å²) < 4.78 is 5.22. The molecule has 1 aromatic carbocycles. The normalized spacial score (nSPS) is 31.2. The molecule has 3 atom stereocenters. The molecule has 0 spiro atoms. The fourth-order valence-electron chi connectivity index (χ4n) is 3.06. The van der Waals surface area contributed by atoms with Crippen LogP contribution in [0, 0.1) is 5.92 Å². The van der Waals surface area contributed by atoms with Crippen molar-refractivity contribution in [1.29, 1.82) is 0 Å². The number of hydrogen-bond donors (Lipinski definition) is 3. The van der Waals surface area contributed by atoms with E-state index in [1.165, 1.54) is 0 Å². The molecule has 0 heterocycles. The summed E-state index contributed by atoms with van der Waals surface area (Å²) in [6, 6.07) is 7.51. The summed E-state index contributed by atoms with van der Waals surface area (Å²) in [5.74, 6) is 0.535. The Balaban J connectivity index is 2.36. The predicted molar refractivity (Wildman–Crippen MR) is 74.2 cm³/mol. The first-order valence-corrected chi connectivity index (χ1v) is 6.81. The van der Waals surface area contributed by atoms with Gasteiger partial charge in [-0.3, -0.25) is 0 Å². The fourth-order valence-corrected chi connectivity index (χ4v) is 3.06. The van der Waals surface area contributed by atoms with E-state index >= 15 is 0 Å². The number of benzene rings is 1. The van der Waals surface area contributed by atoms with Crippen LogP contribution in [0.3, 0.4) is 0 Å². The Kier molecular flexibility index (Phi) is 4.45. The van der Waals surface area contributed by atoms with Gasteiger partial charge in [-0.25, -0.2) is 0 Å². The first-order chi connectivity index (χ1) is 9.11. The highest BCUT2D eigenvalue weighted by Gasteiger charge is 2.44. The van der Waals surface area contributed by atoms with E-state index < -0.39 is 11.7 Å². The molecule has 1 aromatic rings. The number of ether oxygens (including phenoxy) is 1. The van der Waals surface area contributed by atoms with Crippen molar-refractivity contribution in [3.63, 3.8) is 0 Å². The quantitative estimate of drug-likeness (QED) is 0.767. The van der Waals surface area contributed by atoms with Crippen LogP contribution in [0.4, 0.5) is 0 Å². The van der Waals surface area contributed by atoms with E-state index in [2.05, 4.69) is 5.32 Å². The SMILES string of the molecule is CNCC1C(O)CCCC1(O)c1cccc(OC)c1.